The van der Waals surface area contributed by atoms with Crippen molar-refractivity contribution < 1.29 is 0 Å². The van der Waals surface area contributed by atoms with Gasteiger partial charge in [0, 0.05) is 6.54 Å². The first-order valence-electron chi connectivity index (χ1n) is 7.49. The topological polar surface area (TPSA) is 41.0 Å². The molecule has 0 unspecified atom stereocenters. The number of nitrogens with one attached hydrogen (secondary N) is 1. The van der Waals surface area contributed by atoms with Crippen LogP contribution in [0.4, 0.5) is 0 Å². The second-order valence-corrected chi connectivity index (χ2v) is 6.26. The SMILES string of the molecule is CN(C)Cc1ccccc1Cn1c(=S)[nH]c2ccccc2c1=O. The largest absolute Gasteiger partial charge is 0.332 e. The molecule has 0 aliphatic heterocycles. The molecule has 0 atom stereocenters. The van der Waals surface area contributed by atoms with Crippen molar-refractivity contribution in [2.75, 3.05) is 14.1 Å². The molecule has 0 amide bonds. The molecule has 118 valence electrons. The van der Waals surface area contributed by atoms with E-state index in [9.17, 15) is 4.79 Å². The van der Waals surface area contributed by atoms with Crippen LogP contribution in [0.2, 0.25) is 0 Å². The predicted octanol–water partition coefficient (Wildman–Crippen LogP) is 3.17. The van der Waals surface area contributed by atoms with Crippen molar-refractivity contribution in [3.63, 3.8) is 0 Å². The summed E-state index contributed by atoms with van der Waals surface area (Å²) >= 11 is 5.39. The lowest BCUT2D eigenvalue weighted by molar-refractivity contribution is 0.400. The molecule has 0 aliphatic carbocycles. The van der Waals surface area contributed by atoms with Crippen LogP contribution >= 0.6 is 12.2 Å². The van der Waals surface area contributed by atoms with E-state index < -0.39 is 0 Å². The van der Waals surface area contributed by atoms with Gasteiger partial charge in [0.25, 0.3) is 5.56 Å². The maximum absolute atomic E-state index is 12.8. The zero-order valence-corrected chi connectivity index (χ0v) is 14.1. The van der Waals surface area contributed by atoms with Gasteiger partial charge >= 0.3 is 0 Å². The molecular formula is C18H19N3OS. The van der Waals surface area contributed by atoms with Gasteiger partial charge in [0.15, 0.2) is 4.77 Å². The summed E-state index contributed by atoms with van der Waals surface area (Å²) in [6, 6.07) is 15.6. The summed E-state index contributed by atoms with van der Waals surface area (Å²) in [5, 5.41) is 0.659. The van der Waals surface area contributed by atoms with Crippen LogP contribution in [0.5, 0.6) is 0 Å². The monoisotopic (exact) mass is 325 g/mol. The molecule has 2 aromatic carbocycles. The number of benzene rings is 2. The van der Waals surface area contributed by atoms with Crippen LogP contribution in [0.15, 0.2) is 53.3 Å². The first-order chi connectivity index (χ1) is 11.1. The zero-order chi connectivity index (χ0) is 16.4. The van der Waals surface area contributed by atoms with Crippen molar-refractivity contribution in [3.8, 4) is 0 Å². The maximum atomic E-state index is 12.8. The van der Waals surface area contributed by atoms with Gasteiger partial charge in [-0.15, -0.1) is 0 Å². The number of rotatable bonds is 4. The molecule has 23 heavy (non-hydrogen) atoms. The van der Waals surface area contributed by atoms with Gasteiger partial charge in [-0.2, -0.15) is 0 Å². The van der Waals surface area contributed by atoms with E-state index in [1.165, 1.54) is 5.56 Å². The van der Waals surface area contributed by atoms with E-state index >= 15 is 0 Å². The van der Waals surface area contributed by atoms with Crippen molar-refractivity contribution in [3.05, 3.63) is 74.8 Å². The Kier molecular flexibility index (Phi) is 4.41. The Morgan fingerprint density at radius 1 is 1.04 bits per heavy atom. The molecule has 1 N–H and O–H groups in total. The molecule has 4 nitrogen and oxygen atoms in total. The highest BCUT2D eigenvalue weighted by molar-refractivity contribution is 7.71. The molecule has 1 heterocycles. The van der Waals surface area contributed by atoms with E-state index in [4.69, 9.17) is 12.2 Å². The zero-order valence-electron chi connectivity index (χ0n) is 13.2. The van der Waals surface area contributed by atoms with Crippen LogP contribution in [-0.2, 0) is 13.1 Å². The summed E-state index contributed by atoms with van der Waals surface area (Å²) in [5.74, 6) is 0. The minimum absolute atomic E-state index is 0.0518. The number of fused-ring (bicyclic) bond motifs is 1. The molecule has 5 heteroatoms. The number of aromatic nitrogens is 2. The van der Waals surface area contributed by atoms with Crippen LogP contribution in [-0.4, -0.2) is 28.5 Å². The summed E-state index contributed by atoms with van der Waals surface area (Å²) in [4.78, 5) is 18.0. The van der Waals surface area contributed by atoms with Crippen molar-refractivity contribution >= 4 is 23.1 Å². The van der Waals surface area contributed by atoms with Crippen molar-refractivity contribution in [2.24, 2.45) is 0 Å². The third-order valence-corrected chi connectivity index (χ3v) is 4.15. The molecule has 0 radical (unpaired) electrons. The lowest BCUT2D eigenvalue weighted by Gasteiger charge is -2.15. The summed E-state index contributed by atoms with van der Waals surface area (Å²) < 4.78 is 2.08. The third kappa shape index (κ3) is 3.25. The molecule has 0 bridgehead atoms. The quantitative estimate of drug-likeness (QED) is 0.749. The molecule has 3 aromatic rings. The highest BCUT2D eigenvalue weighted by atomic mass is 32.1. The van der Waals surface area contributed by atoms with E-state index in [0.29, 0.717) is 16.7 Å². The van der Waals surface area contributed by atoms with E-state index in [0.717, 1.165) is 17.6 Å². The van der Waals surface area contributed by atoms with Gasteiger partial charge in [-0.3, -0.25) is 9.36 Å². The van der Waals surface area contributed by atoms with Crippen LogP contribution in [0.3, 0.4) is 0 Å². The number of hydrogen-bond acceptors (Lipinski definition) is 3. The normalized spacial score (nSPS) is 11.3. The Morgan fingerprint density at radius 3 is 2.43 bits per heavy atom. The van der Waals surface area contributed by atoms with Crippen molar-refractivity contribution in [1.82, 2.24) is 14.5 Å². The predicted molar refractivity (Wildman–Crippen MR) is 96.3 cm³/mol. The van der Waals surface area contributed by atoms with Crippen LogP contribution in [0.25, 0.3) is 10.9 Å². The summed E-state index contributed by atoms with van der Waals surface area (Å²) in [6.07, 6.45) is 0. The highest BCUT2D eigenvalue weighted by Crippen LogP contribution is 2.13. The molecule has 0 fully saturated rings. The fraction of sp³-hybridized carbons (Fsp3) is 0.222. The molecule has 0 aliphatic rings. The second-order valence-electron chi connectivity index (χ2n) is 5.87. The Morgan fingerprint density at radius 2 is 1.70 bits per heavy atom. The van der Waals surface area contributed by atoms with Crippen molar-refractivity contribution in [1.29, 1.82) is 0 Å². The van der Waals surface area contributed by atoms with Crippen LogP contribution in [0.1, 0.15) is 11.1 Å². The number of aromatic amines is 1. The van der Waals surface area contributed by atoms with E-state index in [1.807, 2.05) is 50.5 Å². The van der Waals surface area contributed by atoms with Crippen LogP contribution < -0.4 is 5.56 Å². The smallest absolute Gasteiger partial charge is 0.262 e. The van der Waals surface area contributed by atoms with Gasteiger partial charge in [0.05, 0.1) is 17.4 Å². The first-order valence-corrected chi connectivity index (χ1v) is 7.90. The summed E-state index contributed by atoms with van der Waals surface area (Å²) in [6.45, 7) is 1.30. The highest BCUT2D eigenvalue weighted by Gasteiger charge is 2.09. The lowest BCUT2D eigenvalue weighted by Crippen LogP contribution is -2.23. The van der Waals surface area contributed by atoms with Gasteiger partial charge in [-0.25, -0.2) is 0 Å². The first kappa shape index (κ1) is 15.6. The van der Waals surface area contributed by atoms with Crippen LogP contribution in [0, 0.1) is 4.77 Å². The summed E-state index contributed by atoms with van der Waals surface area (Å²) in [7, 11) is 4.07. The van der Waals surface area contributed by atoms with Gasteiger partial charge in [-0.1, -0.05) is 36.4 Å². The number of para-hydroxylation sites is 1. The van der Waals surface area contributed by atoms with Gasteiger partial charge in [0.2, 0.25) is 0 Å². The lowest BCUT2D eigenvalue weighted by atomic mass is 10.1. The summed E-state index contributed by atoms with van der Waals surface area (Å²) in [5.41, 5.74) is 3.04. The van der Waals surface area contributed by atoms with Crippen molar-refractivity contribution in [2.45, 2.75) is 13.1 Å². The molecule has 0 saturated heterocycles. The minimum atomic E-state index is -0.0518. The Balaban J connectivity index is 2.10. The van der Waals surface area contributed by atoms with E-state index in [1.54, 1.807) is 4.57 Å². The molecule has 1 aromatic heterocycles. The number of H-pyrrole nitrogens is 1. The van der Waals surface area contributed by atoms with E-state index in [2.05, 4.69) is 22.0 Å². The van der Waals surface area contributed by atoms with Gasteiger partial charge < -0.3 is 9.88 Å². The Hall–Kier alpha value is -2.24. The fourth-order valence-electron chi connectivity index (χ4n) is 2.72. The molecule has 3 rings (SSSR count). The number of hydrogen-bond donors (Lipinski definition) is 1. The van der Waals surface area contributed by atoms with Gasteiger partial charge in [-0.05, 0) is 49.6 Å². The fourth-order valence-corrected chi connectivity index (χ4v) is 2.98. The Bertz CT molecular complexity index is 956. The average molecular weight is 325 g/mol. The molecule has 0 spiro atoms. The molecular weight excluding hydrogens is 306 g/mol. The maximum Gasteiger partial charge on any atom is 0.262 e. The third-order valence-electron chi connectivity index (χ3n) is 3.82. The number of nitrogens with zero attached hydrogens (tertiary/aromatic N) is 2. The second kappa shape index (κ2) is 6.48. The standard InChI is InChI=1S/C18H19N3OS/c1-20(2)11-13-7-3-4-8-14(13)12-21-17(22)15-9-5-6-10-16(15)19-18(21)23/h3-10H,11-12H2,1-2H3,(H,19,23). The van der Waals surface area contributed by atoms with Gasteiger partial charge in [0.1, 0.15) is 0 Å². The van der Waals surface area contributed by atoms with E-state index in [-0.39, 0.29) is 5.56 Å². The Labute approximate surface area is 140 Å². The minimum Gasteiger partial charge on any atom is -0.332 e. The molecule has 0 saturated carbocycles. The average Bonchev–Trinajstić information content (AvgIpc) is 2.52.